The largest absolute Gasteiger partial charge is 0.395 e. The number of amides is 1. The molecule has 1 amide bonds. The van der Waals surface area contributed by atoms with Crippen LogP contribution in [0.15, 0.2) is 17.0 Å². The van der Waals surface area contributed by atoms with Crippen LogP contribution < -0.4 is 10.2 Å². The van der Waals surface area contributed by atoms with Gasteiger partial charge in [0.1, 0.15) is 4.99 Å². The maximum atomic E-state index is 11.3. The summed E-state index contributed by atoms with van der Waals surface area (Å²) in [5, 5.41) is 12.6. The SMILES string of the molecule is CN(CCO)c1cc2sc(/C=C3\SC(=O)NC3=S)cc2s1. The van der Waals surface area contributed by atoms with Gasteiger partial charge in [0.2, 0.25) is 0 Å². The predicted octanol–water partition coefficient (Wildman–Crippen LogP) is 3.52. The number of thiocarbonyl (C=S) groups is 1. The maximum absolute atomic E-state index is 11.3. The maximum Gasteiger partial charge on any atom is 0.289 e. The standard InChI is InChI=1S/C13H12N2O2S4/c1-15(2-3-16)11-6-9-8(20-11)4-7(19-9)5-10-12(18)14-13(17)21-10/h4-6,16H,2-3H2,1H3,(H,14,17,18)/b10-5-. The van der Waals surface area contributed by atoms with Crippen LogP contribution in [-0.4, -0.2) is 35.5 Å². The van der Waals surface area contributed by atoms with Crippen molar-refractivity contribution in [2.45, 2.75) is 0 Å². The highest BCUT2D eigenvalue weighted by atomic mass is 32.2. The van der Waals surface area contributed by atoms with Crippen LogP contribution in [0.2, 0.25) is 0 Å². The zero-order valence-corrected chi connectivity index (χ0v) is 14.3. The molecule has 0 spiro atoms. The summed E-state index contributed by atoms with van der Waals surface area (Å²) in [5.74, 6) is 0. The van der Waals surface area contributed by atoms with Gasteiger partial charge in [-0.1, -0.05) is 12.2 Å². The van der Waals surface area contributed by atoms with Crippen LogP contribution in [0.25, 0.3) is 15.5 Å². The van der Waals surface area contributed by atoms with Gasteiger partial charge >= 0.3 is 0 Å². The Morgan fingerprint density at radius 1 is 1.38 bits per heavy atom. The van der Waals surface area contributed by atoms with E-state index in [-0.39, 0.29) is 11.8 Å². The van der Waals surface area contributed by atoms with Crippen molar-refractivity contribution >= 4 is 77.4 Å². The van der Waals surface area contributed by atoms with Gasteiger partial charge in [0.25, 0.3) is 5.24 Å². The minimum atomic E-state index is -0.113. The van der Waals surface area contributed by atoms with Crippen LogP contribution in [-0.2, 0) is 0 Å². The number of nitrogens with zero attached hydrogens (tertiary/aromatic N) is 1. The van der Waals surface area contributed by atoms with E-state index in [1.54, 1.807) is 22.7 Å². The summed E-state index contributed by atoms with van der Waals surface area (Å²) >= 11 is 9.63. The number of anilines is 1. The smallest absolute Gasteiger partial charge is 0.289 e. The fourth-order valence-electron chi connectivity index (χ4n) is 1.91. The average molecular weight is 357 g/mol. The molecule has 1 aliphatic heterocycles. The second kappa shape index (κ2) is 6.05. The van der Waals surface area contributed by atoms with Crippen LogP contribution in [0.1, 0.15) is 4.88 Å². The molecule has 2 aromatic heterocycles. The first-order chi connectivity index (χ1) is 10.1. The second-order valence-electron chi connectivity index (χ2n) is 4.46. The van der Waals surface area contributed by atoms with Gasteiger partial charge in [-0.25, -0.2) is 0 Å². The van der Waals surface area contributed by atoms with Crippen molar-refractivity contribution in [1.29, 1.82) is 0 Å². The number of aliphatic hydroxyl groups is 1. The van der Waals surface area contributed by atoms with E-state index in [4.69, 9.17) is 17.3 Å². The number of thioether (sulfide) groups is 1. The first kappa shape index (κ1) is 15.0. The van der Waals surface area contributed by atoms with E-state index >= 15 is 0 Å². The third-order valence-corrected chi connectivity index (χ3v) is 6.58. The molecule has 0 radical (unpaired) electrons. The number of fused-ring (bicyclic) bond motifs is 1. The van der Waals surface area contributed by atoms with Gasteiger partial charge in [-0.2, -0.15) is 0 Å². The van der Waals surface area contributed by atoms with Gasteiger partial charge in [0.05, 0.1) is 16.5 Å². The van der Waals surface area contributed by atoms with Crippen molar-refractivity contribution in [1.82, 2.24) is 5.32 Å². The summed E-state index contributed by atoms with van der Waals surface area (Å²) in [5.41, 5.74) is 0. The highest BCUT2D eigenvalue weighted by Gasteiger charge is 2.21. The van der Waals surface area contributed by atoms with Gasteiger partial charge in [0.15, 0.2) is 0 Å². The van der Waals surface area contributed by atoms with Gasteiger partial charge in [0, 0.05) is 27.9 Å². The van der Waals surface area contributed by atoms with Gasteiger partial charge < -0.3 is 15.3 Å². The molecule has 4 nitrogen and oxygen atoms in total. The third kappa shape index (κ3) is 3.14. The number of carbonyl (C=O) groups is 1. The first-order valence-corrected chi connectivity index (χ1v) is 9.03. The van der Waals surface area contributed by atoms with E-state index in [1.165, 1.54) is 9.40 Å². The van der Waals surface area contributed by atoms with E-state index < -0.39 is 0 Å². The highest BCUT2D eigenvalue weighted by Crippen LogP contribution is 2.39. The van der Waals surface area contributed by atoms with E-state index in [0.29, 0.717) is 11.5 Å². The minimum absolute atomic E-state index is 0.113. The van der Waals surface area contributed by atoms with Gasteiger partial charge in [-0.3, -0.25) is 4.79 Å². The Kier molecular flexibility index (Phi) is 4.32. The van der Waals surface area contributed by atoms with Crippen molar-refractivity contribution in [3.63, 3.8) is 0 Å². The summed E-state index contributed by atoms with van der Waals surface area (Å²) in [6.45, 7) is 0.776. The van der Waals surface area contributed by atoms with E-state index in [2.05, 4.69) is 17.4 Å². The Bertz CT molecular complexity index is 715. The van der Waals surface area contributed by atoms with E-state index in [0.717, 1.165) is 26.5 Å². The molecule has 1 fully saturated rings. The fourth-order valence-corrected chi connectivity index (χ4v) is 5.34. The quantitative estimate of drug-likeness (QED) is 0.648. The lowest BCUT2D eigenvalue weighted by Gasteiger charge is -2.14. The van der Waals surface area contributed by atoms with Gasteiger partial charge in [-0.05, 0) is 30.0 Å². The molecule has 0 atom stereocenters. The number of rotatable bonds is 4. The molecule has 8 heteroatoms. The van der Waals surface area contributed by atoms with E-state index in [9.17, 15) is 4.79 Å². The highest BCUT2D eigenvalue weighted by molar-refractivity contribution is 8.19. The monoisotopic (exact) mass is 356 g/mol. The lowest BCUT2D eigenvalue weighted by molar-refractivity contribution is 0.265. The summed E-state index contributed by atoms with van der Waals surface area (Å²) < 4.78 is 2.42. The Morgan fingerprint density at radius 3 is 2.76 bits per heavy atom. The van der Waals surface area contributed by atoms with Gasteiger partial charge in [-0.15, -0.1) is 22.7 Å². The molecule has 3 heterocycles. The zero-order chi connectivity index (χ0) is 15.0. The molecule has 0 unspecified atom stereocenters. The van der Waals surface area contributed by atoms with Crippen molar-refractivity contribution in [2.24, 2.45) is 0 Å². The van der Waals surface area contributed by atoms with Crippen LogP contribution in [0.3, 0.4) is 0 Å². The van der Waals surface area contributed by atoms with E-state index in [1.807, 2.05) is 18.0 Å². The normalized spacial score (nSPS) is 17.0. The molecule has 1 saturated heterocycles. The fraction of sp³-hybridized carbons (Fsp3) is 0.231. The number of carbonyl (C=O) groups excluding carboxylic acids is 1. The third-order valence-electron chi connectivity index (χ3n) is 2.94. The summed E-state index contributed by atoms with van der Waals surface area (Å²) in [6, 6.07) is 4.24. The molecule has 0 bridgehead atoms. The van der Waals surface area contributed by atoms with Crippen LogP contribution in [0.4, 0.5) is 9.80 Å². The lowest BCUT2D eigenvalue weighted by Crippen LogP contribution is -2.19. The van der Waals surface area contributed by atoms with Crippen molar-refractivity contribution in [3.05, 3.63) is 21.9 Å². The predicted molar refractivity (Wildman–Crippen MR) is 96.8 cm³/mol. The number of aliphatic hydroxyl groups excluding tert-OH is 1. The Balaban J connectivity index is 1.86. The molecule has 21 heavy (non-hydrogen) atoms. The number of hydrogen-bond acceptors (Lipinski definition) is 7. The minimum Gasteiger partial charge on any atom is -0.395 e. The number of nitrogens with one attached hydrogen (secondary N) is 1. The Labute approximate surface area is 139 Å². The molecule has 3 rings (SSSR count). The van der Waals surface area contributed by atoms with Crippen molar-refractivity contribution in [2.75, 3.05) is 25.1 Å². The van der Waals surface area contributed by atoms with Crippen molar-refractivity contribution in [3.8, 4) is 0 Å². The number of hydrogen-bond donors (Lipinski definition) is 2. The zero-order valence-electron chi connectivity index (χ0n) is 11.1. The molecule has 0 saturated carbocycles. The van der Waals surface area contributed by atoms with Crippen LogP contribution in [0.5, 0.6) is 0 Å². The summed E-state index contributed by atoms with van der Waals surface area (Å²) in [7, 11) is 1.97. The first-order valence-electron chi connectivity index (χ1n) is 6.17. The topological polar surface area (TPSA) is 52.6 Å². The van der Waals surface area contributed by atoms with Crippen LogP contribution >= 0.6 is 46.7 Å². The van der Waals surface area contributed by atoms with Crippen molar-refractivity contribution < 1.29 is 9.90 Å². The molecule has 2 aromatic rings. The van der Waals surface area contributed by atoms with Crippen LogP contribution in [0, 0.1) is 0 Å². The lowest BCUT2D eigenvalue weighted by atomic mass is 10.4. The second-order valence-corrected chi connectivity index (χ2v) is 8.06. The number of likely N-dealkylation sites (N-methyl/N-ethyl adjacent to an activating group) is 1. The molecule has 110 valence electrons. The Hall–Kier alpha value is -0.930. The molecule has 0 aliphatic carbocycles. The molecule has 1 aliphatic rings. The number of thiophene rings is 2. The average Bonchev–Trinajstić information content (AvgIpc) is 3.04. The summed E-state index contributed by atoms with van der Waals surface area (Å²) in [4.78, 5) is 15.7. The summed E-state index contributed by atoms with van der Waals surface area (Å²) in [6.07, 6.45) is 1.96. The molecular formula is C13H12N2O2S4. The molecule has 2 N–H and O–H groups in total. The molecular weight excluding hydrogens is 344 g/mol. The Morgan fingerprint density at radius 2 is 2.14 bits per heavy atom. The molecule has 0 aromatic carbocycles.